The van der Waals surface area contributed by atoms with Gasteiger partial charge in [-0.1, -0.05) is 36.4 Å². The Bertz CT molecular complexity index is 945. The molecule has 3 aromatic rings. The summed E-state index contributed by atoms with van der Waals surface area (Å²) in [5, 5.41) is 1.28. The van der Waals surface area contributed by atoms with Gasteiger partial charge < -0.3 is 9.80 Å². The molecule has 2 aliphatic rings. The van der Waals surface area contributed by atoms with E-state index in [1.54, 1.807) is 0 Å². The number of aromatic nitrogens is 1. The van der Waals surface area contributed by atoms with E-state index in [0.717, 1.165) is 37.4 Å². The summed E-state index contributed by atoms with van der Waals surface area (Å²) in [6, 6.07) is 17.4. The van der Waals surface area contributed by atoms with Crippen LogP contribution in [-0.4, -0.2) is 43.1 Å². The van der Waals surface area contributed by atoms with Crippen LogP contribution in [0, 0.1) is 0 Å². The standard InChI is InChI=1S/C21H21N3S/c1-23-10-12-24(13-11-23)21-17-14-25-19-9-5-3-7-16(19)20(17)15-6-2-4-8-18(15)22-21/h2-9H,10-14H2,1H3. The number of rotatable bonds is 1. The molecular formula is C21H21N3S. The van der Waals surface area contributed by atoms with Crippen LogP contribution in [0.15, 0.2) is 53.4 Å². The number of benzene rings is 2. The number of hydrogen-bond donors (Lipinski definition) is 0. The number of thioether (sulfide) groups is 1. The molecule has 0 spiro atoms. The Hall–Kier alpha value is -2.04. The first kappa shape index (κ1) is 15.2. The lowest BCUT2D eigenvalue weighted by Crippen LogP contribution is -2.45. The summed E-state index contributed by atoms with van der Waals surface area (Å²) in [5.41, 5.74) is 5.28. The van der Waals surface area contributed by atoms with Crippen molar-refractivity contribution >= 4 is 28.5 Å². The molecule has 25 heavy (non-hydrogen) atoms. The second kappa shape index (κ2) is 6.04. The minimum Gasteiger partial charge on any atom is -0.354 e. The van der Waals surface area contributed by atoms with E-state index in [4.69, 9.17) is 4.98 Å². The highest BCUT2D eigenvalue weighted by atomic mass is 32.2. The van der Waals surface area contributed by atoms with E-state index in [9.17, 15) is 0 Å². The van der Waals surface area contributed by atoms with Gasteiger partial charge in [0.1, 0.15) is 5.82 Å². The molecule has 0 aliphatic carbocycles. The predicted molar refractivity (Wildman–Crippen MR) is 106 cm³/mol. The number of nitrogens with zero attached hydrogens (tertiary/aromatic N) is 3. The molecule has 2 aliphatic heterocycles. The van der Waals surface area contributed by atoms with E-state index in [0.29, 0.717) is 0 Å². The van der Waals surface area contributed by atoms with Crippen molar-refractivity contribution in [2.75, 3.05) is 38.1 Å². The normalized spacial score (nSPS) is 17.4. The molecule has 126 valence electrons. The summed E-state index contributed by atoms with van der Waals surface area (Å²) in [6.45, 7) is 4.32. The number of hydrogen-bond acceptors (Lipinski definition) is 4. The first-order valence-electron chi connectivity index (χ1n) is 8.88. The maximum absolute atomic E-state index is 5.10. The Balaban J connectivity index is 1.76. The number of pyridine rings is 1. The van der Waals surface area contributed by atoms with Gasteiger partial charge in [0.25, 0.3) is 0 Å². The second-order valence-corrected chi connectivity index (χ2v) is 7.90. The lowest BCUT2D eigenvalue weighted by Gasteiger charge is -2.36. The van der Waals surface area contributed by atoms with Gasteiger partial charge in [-0.15, -0.1) is 11.8 Å². The molecule has 1 saturated heterocycles. The number of piperazine rings is 1. The molecule has 0 atom stereocenters. The molecule has 0 N–H and O–H groups in total. The highest BCUT2D eigenvalue weighted by Gasteiger charge is 2.26. The van der Waals surface area contributed by atoms with Crippen LogP contribution in [0.4, 0.5) is 5.82 Å². The van der Waals surface area contributed by atoms with Gasteiger partial charge in [0, 0.05) is 47.8 Å². The average Bonchev–Trinajstić information content (AvgIpc) is 2.67. The van der Waals surface area contributed by atoms with Gasteiger partial charge in [0.2, 0.25) is 0 Å². The Morgan fingerprint density at radius 2 is 1.68 bits per heavy atom. The zero-order valence-corrected chi connectivity index (χ0v) is 15.2. The molecule has 4 heteroatoms. The summed E-state index contributed by atoms with van der Waals surface area (Å²) >= 11 is 1.94. The monoisotopic (exact) mass is 347 g/mol. The highest BCUT2D eigenvalue weighted by molar-refractivity contribution is 7.98. The van der Waals surface area contributed by atoms with Crippen LogP contribution in [0.25, 0.3) is 22.0 Å². The average molecular weight is 347 g/mol. The SMILES string of the molecule is CN1CCN(c2nc3ccccc3c3c2CSc2ccccc2-3)CC1. The summed E-state index contributed by atoms with van der Waals surface area (Å²) in [4.78, 5) is 11.4. The molecule has 1 aromatic heterocycles. The zero-order valence-electron chi connectivity index (χ0n) is 14.4. The molecule has 0 bridgehead atoms. The summed E-state index contributed by atoms with van der Waals surface area (Å²) < 4.78 is 0. The predicted octanol–water partition coefficient (Wildman–Crippen LogP) is 4.26. The van der Waals surface area contributed by atoms with Gasteiger partial charge in [-0.25, -0.2) is 4.98 Å². The Morgan fingerprint density at radius 3 is 2.56 bits per heavy atom. The van der Waals surface area contributed by atoms with Crippen LogP contribution in [0.3, 0.4) is 0 Å². The molecule has 0 saturated carbocycles. The van der Waals surface area contributed by atoms with E-state index >= 15 is 0 Å². The van der Waals surface area contributed by atoms with Crippen molar-refractivity contribution in [2.45, 2.75) is 10.6 Å². The molecule has 0 radical (unpaired) electrons. The first-order chi connectivity index (χ1) is 12.3. The number of para-hydroxylation sites is 1. The van der Waals surface area contributed by atoms with Crippen molar-refractivity contribution in [2.24, 2.45) is 0 Å². The largest absolute Gasteiger partial charge is 0.354 e. The molecule has 3 heterocycles. The van der Waals surface area contributed by atoms with Crippen molar-refractivity contribution < 1.29 is 0 Å². The third kappa shape index (κ3) is 2.52. The number of anilines is 1. The minimum absolute atomic E-state index is 1.01. The molecule has 0 amide bonds. The van der Waals surface area contributed by atoms with E-state index in [1.165, 1.54) is 32.8 Å². The van der Waals surface area contributed by atoms with E-state index in [2.05, 4.69) is 65.4 Å². The summed E-state index contributed by atoms with van der Waals surface area (Å²) in [5.74, 6) is 2.20. The van der Waals surface area contributed by atoms with Gasteiger partial charge in [-0.2, -0.15) is 0 Å². The van der Waals surface area contributed by atoms with Crippen LogP contribution in [0.5, 0.6) is 0 Å². The third-order valence-electron chi connectivity index (χ3n) is 5.30. The highest BCUT2D eigenvalue weighted by Crippen LogP contribution is 2.47. The maximum atomic E-state index is 5.10. The maximum Gasteiger partial charge on any atom is 0.134 e. The molecular weight excluding hydrogens is 326 g/mol. The van der Waals surface area contributed by atoms with Crippen molar-refractivity contribution in [3.05, 3.63) is 54.1 Å². The molecule has 5 rings (SSSR count). The number of fused-ring (bicyclic) bond motifs is 5. The van der Waals surface area contributed by atoms with Gasteiger partial charge in [-0.3, -0.25) is 0 Å². The van der Waals surface area contributed by atoms with Crippen LogP contribution >= 0.6 is 11.8 Å². The lowest BCUT2D eigenvalue weighted by atomic mass is 9.95. The molecule has 3 nitrogen and oxygen atoms in total. The van der Waals surface area contributed by atoms with Crippen LogP contribution in [0.2, 0.25) is 0 Å². The molecule has 2 aromatic carbocycles. The fraction of sp³-hybridized carbons (Fsp3) is 0.286. The van der Waals surface area contributed by atoms with Crippen LogP contribution < -0.4 is 4.90 Å². The number of likely N-dealkylation sites (N-methyl/N-ethyl adjacent to an activating group) is 1. The first-order valence-corrected chi connectivity index (χ1v) is 9.87. The van der Waals surface area contributed by atoms with Gasteiger partial charge >= 0.3 is 0 Å². The summed E-state index contributed by atoms with van der Waals surface area (Å²) in [6.07, 6.45) is 0. The fourth-order valence-corrected chi connectivity index (χ4v) is 4.99. The Labute approximate surface area is 152 Å². The van der Waals surface area contributed by atoms with Crippen molar-refractivity contribution in [1.29, 1.82) is 0 Å². The second-order valence-electron chi connectivity index (χ2n) is 6.88. The quantitative estimate of drug-likeness (QED) is 0.655. The molecule has 0 unspecified atom stereocenters. The Kier molecular flexibility index (Phi) is 3.68. The van der Waals surface area contributed by atoms with E-state index < -0.39 is 0 Å². The van der Waals surface area contributed by atoms with Gasteiger partial charge in [0.05, 0.1) is 5.52 Å². The lowest BCUT2D eigenvalue weighted by molar-refractivity contribution is 0.312. The van der Waals surface area contributed by atoms with Gasteiger partial charge in [-0.05, 0) is 30.3 Å². The van der Waals surface area contributed by atoms with Crippen molar-refractivity contribution in [3.8, 4) is 11.1 Å². The van der Waals surface area contributed by atoms with Crippen molar-refractivity contribution in [3.63, 3.8) is 0 Å². The van der Waals surface area contributed by atoms with E-state index in [1.807, 2.05) is 11.8 Å². The third-order valence-corrected chi connectivity index (χ3v) is 6.40. The van der Waals surface area contributed by atoms with Crippen molar-refractivity contribution in [1.82, 2.24) is 9.88 Å². The molecule has 1 fully saturated rings. The zero-order chi connectivity index (χ0) is 16.8. The Morgan fingerprint density at radius 1 is 0.920 bits per heavy atom. The summed E-state index contributed by atoms with van der Waals surface area (Å²) in [7, 11) is 2.20. The smallest absolute Gasteiger partial charge is 0.134 e. The van der Waals surface area contributed by atoms with Crippen LogP contribution in [0.1, 0.15) is 5.56 Å². The van der Waals surface area contributed by atoms with Gasteiger partial charge in [0.15, 0.2) is 0 Å². The van der Waals surface area contributed by atoms with Crippen LogP contribution in [-0.2, 0) is 5.75 Å². The minimum atomic E-state index is 1.01. The van der Waals surface area contributed by atoms with E-state index in [-0.39, 0.29) is 0 Å². The fourth-order valence-electron chi connectivity index (χ4n) is 3.91. The topological polar surface area (TPSA) is 19.4 Å².